The van der Waals surface area contributed by atoms with Gasteiger partial charge in [-0.2, -0.15) is 0 Å². The monoisotopic (exact) mass is 268 g/mol. The third kappa shape index (κ3) is 2.57. The van der Waals surface area contributed by atoms with Crippen LogP contribution in [0, 0.1) is 6.92 Å². The fourth-order valence-corrected chi connectivity index (χ4v) is 2.30. The highest BCUT2D eigenvalue weighted by atomic mass is 35.5. The van der Waals surface area contributed by atoms with Gasteiger partial charge in [0.25, 0.3) is 0 Å². The summed E-state index contributed by atoms with van der Waals surface area (Å²) in [7, 11) is 0. The lowest BCUT2D eigenvalue weighted by molar-refractivity contribution is 0.0692. The summed E-state index contributed by atoms with van der Waals surface area (Å²) in [4.78, 5) is 14.7. The molecule has 2 N–H and O–H groups in total. The third-order valence-electron chi connectivity index (χ3n) is 2.14. The maximum atomic E-state index is 10.9. The van der Waals surface area contributed by atoms with Crippen LogP contribution in [0.1, 0.15) is 16.1 Å². The predicted octanol–water partition coefficient (Wildman–Crippen LogP) is 3.55. The van der Waals surface area contributed by atoms with Gasteiger partial charge in [0, 0.05) is 0 Å². The number of carbonyl (C=O) groups is 1. The van der Waals surface area contributed by atoms with E-state index in [0.29, 0.717) is 15.7 Å². The highest BCUT2D eigenvalue weighted by molar-refractivity contribution is 7.14. The molecule has 0 unspecified atom stereocenters. The number of aromatic nitrogens is 1. The minimum absolute atomic E-state index is 0.00615. The number of anilines is 2. The quantitative estimate of drug-likeness (QED) is 0.894. The lowest BCUT2D eigenvalue weighted by Crippen LogP contribution is -2.01. The summed E-state index contributed by atoms with van der Waals surface area (Å²) >= 11 is 7.28. The van der Waals surface area contributed by atoms with Crippen LogP contribution in [-0.2, 0) is 0 Å². The highest BCUT2D eigenvalue weighted by Gasteiger charge is 2.14. The molecule has 0 saturated carbocycles. The van der Waals surface area contributed by atoms with Gasteiger partial charge in [0.2, 0.25) is 0 Å². The molecule has 0 spiro atoms. The molecular formula is C11H9ClN2O2S. The van der Waals surface area contributed by atoms with Gasteiger partial charge in [-0.1, -0.05) is 17.7 Å². The average molecular weight is 269 g/mol. The minimum atomic E-state index is -1.06. The zero-order valence-corrected chi connectivity index (χ0v) is 10.5. The van der Waals surface area contributed by atoms with E-state index in [-0.39, 0.29) is 5.69 Å². The number of aryl methyl sites for hydroxylation is 1. The lowest BCUT2D eigenvalue weighted by atomic mass is 10.2. The van der Waals surface area contributed by atoms with Crippen molar-refractivity contribution in [3.63, 3.8) is 0 Å². The van der Waals surface area contributed by atoms with Crippen LogP contribution < -0.4 is 5.32 Å². The van der Waals surface area contributed by atoms with Gasteiger partial charge in [-0.3, -0.25) is 0 Å². The molecule has 0 aliphatic rings. The molecule has 2 aromatic rings. The van der Waals surface area contributed by atoms with Crippen molar-refractivity contribution in [3.8, 4) is 0 Å². The number of nitrogens with zero attached hydrogens (tertiary/aromatic N) is 1. The Labute approximate surface area is 107 Å². The van der Waals surface area contributed by atoms with Crippen molar-refractivity contribution in [1.82, 2.24) is 4.98 Å². The van der Waals surface area contributed by atoms with Gasteiger partial charge < -0.3 is 10.4 Å². The van der Waals surface area contributed by atoms with Crippen molar-refractivity contribution < 1.29 is 9.90 Å². The van der Waals surface area contributed by atoms with Gasteiger partial charge in [-0.15, -0.1) is 11.3 Å². The molecule has 0 aliphatic heterocycles. The van der Waals surface area contributed by atoms with Crippen LogP contribution in [-0.4, -0.2) is 16.1 Å². The zero-order chi connectivity index (χ0) is 12.4. The van der Waals surface area contributed by atoms with Gasteiger partial charge in [-0.05, 0) is 24.6 Å². The summed E-state index contributed by atoms with van der Waals surface area (Å²) in [5, 5.41) is 12.9. The van der Waals surface area contributed by atoms with E-state index >= 15 is 0 Å². The zero-order valence-electron chi connectivity index (χ0n) is 8.90. The van der Waals surface area contributed by atoms with E-state index in [9.17, 15) is 4.79 Å². The summed E-state index contributed by atoms with van der Waals surface area (Å²) < 4.78 is 0. The number of aromatic carboxylic acids is 1. The minimum Gasteiger partial charge on any atom is -0.476 e. The number of hydrogen-bond donors (Lipinski definition) is 2. The van der Waals surface area contributed by atoms with E-state index in [0.717, 1.165) is 5.56 Å². The van der Waals surface area contributed by atoms with Gasteiger partial charge in [-0.25, -0.2) is 9.78 Å². The first kappa shape index (κ1) is 11.9. The molecule has 4 nitrogen and oxygen atoms in total. The fraction of sp³-hybridized carbons (Fsp3) is 0.0909. The third-order valence-corrected chi connectivity index (χ3v) is 3.20. The van der Waals surface area contributed by atoms with E-state index in [1.54, 1.807) is 0 Å². The van der Waals surface area contributed by atoms with E-state index in [2.05, 4.69) is 10.3 Å². The second-order valence-corrected chi connectivity index (χ2v) is 4.71. The summed E-state index contributed by atoms with van der Waals surface area (Å²) in [6.45, 7) is 1.94. The van der Waals surface area contributed by atoms with Crippen molar-refractivity contribution in [2.75, 3.05) is 5.32 Å². The molecular weight excluding hydrogens is 260 g/mol. The predicted molar refractivity (Wildman–Crippen MR) is 68.5 cm³/mol. The molecule has 88 valence electrons. The summed E-state index contributed by atoms with van der Waals surface area (Å²) in [6.07, 6.45) is 0. The van der Waals surface area contributed by atoms with Crippen molar-refractivity contribution in [2.24, 2.45) is 0 Å². The average Bonchev–Trinajstić information content (AvgIpc) is 2.70. The molecule has 6 heteroatoms. The van der Waals surface area contributed by atoms with Gasteiger partial charge >= 0.3 is 5.97 Å². The number of rotatable bonds is 3. The van der Waals surface area contributed by atoms with Gasteiger partial charge in [0.05, 0.1) is 16.2 Å². The molecule has 1 aromatic carbocycles. The molecule has 0 aliphatic carbocycles. The molecule has 0 radical (unpaired) electrons. The molecule has 0 fully saturated rings. The number of carboxylic acids is 1. The molecule has 17 heavy (non-hydrogen) atoms. The Kier molecular flexibility index (Phi) is 3.31. The first-order chi connectivity index (χ1) is 8.08. The van der Waals surface area contributed by atoms with Crippen LogP contribution in [0.2, 0.25) is 5.02 Å². The number of benzene rings is 1. The van der Waals surface area contributed by atoms with Crippen molar-refractivity contribution in [2.45, 2.75) is 6.92 Å². The second-order valence-electron chi connectivity index (χ2n) is 3.44. The Bertz CT molecular complexity index is 568. The lowest BCUT2D eigenvalue weighted by Gasteiger charge is -2.07. The van der Waals surface area contributed by atoms with E-state index < -0.39 is 5.97 Å². The van der Waals surface area contributed by atoms with E-state index in [1.807, 2.05) is 25.1 Å². The Hall–Kier alpha value is -1.59. The van der Waals surface area contributed by atoms with Crippen LogP contribution >= 0.6 is 22.9 Å². The fourth-order valence-electron chi connectivity index (χ4n) is 1.33. The number of carboxylic acid groups (broad SMARTS) is 1. The molecule has 1 heterocycles. The molecule has 2 rings (SSSR count). The maximum absolute atomic E-state index is 10.9. The molecule has 0 atom stereocenters. The van der Waals surface area contributed by atoms with Crippen molar-refractivity contribution >= 4 is 39.6 Å². The maximum Gasteiger partial charge on any atom is 0.357 e. The molecule has 0 bridgehead atoms. The van der Waals surface area contributed by atoms with Crippen LogP contribution in [0.25, 0.3) is 0 Å². The number of nitrogens with one attached hydrogen (secondary N) is 1. The molecule has 1 aromatic heterocycles. The van der Waals surface area contributed by atoms with Gasteiger partial charge in [0.15, 0.2) is 5.69 Å². The number of thiazole rings is 1. The van der Waals surface area contributed by atoms with E-state index in [1.165, 1.54) is 16.8 Å². The Morgan fingerprint density at radius 3 is 2.94 bits per heavy atom. The number of hydrogen-bond acceptors (Lipinski definition) is 4. The molecule has 0 saturated heterocycles. The highest BCUT2D eigenvalue weighted by Crippen LogP contribution is 2.30. The van der Waals surface area contributed by atoms with Crippen molar-refractivity contribution in [1.29, 1.82) is 0 Å². The molecule has 0 amide bonds. The summed E-state index contributed by atoms with van der Waals surface area (Å²) in [6, 6.07) is 5.52. The topological polar surface area (TPSA) is 62.2 Å². The van der Waals surface area contributed by atoms with Crippen molar-refractivity contribution in [3.05, 3.63) is 40.0 Å². The SMILES string of the molecule is Cc1ccc(Nc2scnc2C(=O)O)c(Cl)c1. The number of halogens is 1. The second kappa shape index (κ2) is 4.73. The largest absolute Gasteiger partial charge is 0.476 e. The van der Waals surface area contributed by atoms with Crippen LogP contribution in [0.15, 0.2) is 23.7 Å². The summed E-state index contributed by atoms with van der Waals surface area (Å²) in [5.74, 6) is -1.06. The van der Waals surface area contributed by atoms with Crippen LogP contribution in [0.3, 0.4) is 0 Å². The van der Waals surface area contributed by atoms with Crippen LogP contribution in [0.5, 0.6) is 0 Å². The standard InChI is InChI=1S/C11H9ClN2O2S/c1-6-2-3-8(7(12)4-6)14-10-9(11(15)16)13-5-17-10/h2-5,14H,1H3,(H,15,16). The first-order valence-corrected chi connectivity index (χ1v) is 6.03. The Morgan fingerprint density at radius 2 is 2.29 bits per heavy atom. The van der Waals surface area contributed by atoms with Gasteiger partial charge in [0.1, 0.15) is 5.00 Å². The Morgan fingerprint density at radius 1 is 1.53 bits per heavy atom. The van der Waals surface area contributed by atoms with Crippen LogP contribution in [0.4, 0.5) is 10.7 Å². The Balaban J connectivity index is 2.31. The smallest absolute Gasteiger partial charge is 0.357 e. The normalized spacial score (nSPS) is 10.2. The first-order valence-electron chi connectivity index (χ1n) is 4.78. The summed E-state index contributed by atoms with van der Waals surface area (Å²) in [5.41, 5.74) is 3.20. The van der Waals surface area contributed by atoms with E-state index in [4.69, 9.17) is 16.7 Å².